The number of unbranched alkanes of at least 4 members (excludes halogenated alkanes) is 1. The first-order chi connectivity index (χ1) is 12.6. The van der Waals surface area contributed by atoms with Crippen molar-refractivity contribution in [3.05, 3.63) is 0 Å². The summed E-state index contributed by atoms with van der Waals surface area (Å²) in [7, 11) is 0. The molecule has 0 heterocycles. The molecule has 0 fully saturated rings. The van der Waals surface area contributed by atoms with E-state index in [1.54, 1.807) is 6.92 Å². The zero-order chi connectivity index (χ0) is 21.0. The second-order valence-electron chi connectivity index (χ2n) is 6.67. The largest absolute Gasteiger partial charge is 0.480 e. The number of carbonyl (C=O) groups excluding carboxylic acids is 3. The fourth-order valence-electron chi connectivity index (χ4n) is 2.40. The minimum absolute atomic E-state index is 0.0446. The van der Waals surface area contributed by atoms with Gasteiger partial charge in [0.05, 0.1) is 6.04 Å². The van der Waals surface area contributed by atoms with Gasteiger partial charge in [-0.3, -0.25) is 14.4 Å². The van der Waals surface area contributed by atoms with E-state index in [0.717, 1.165) is 0 Å². The van der Waals surface area contributed by atoms with Crippen LogP contribution in [0.5, 0.6) is 0 Å². The number of hydrogen-bond acceptors (Lipinski definition) is 6. The van der Waals surface area contributed by atoms with E-state index in [-0.39, 0.29) is 25.2 Å². The molecule has 0 radical (unpaired) electrons. The first-order valence-electron chi connectivity index (χ1n) is 9.21. The topological polar surface area (TPSA) is 191 Å². The number of rotatable bonds is 14. The van der Waals surface area contributed by atoms with Crippen molar-refractivity contribution in [2.75, 3.05) is 6.54 Å². The lowest BCUT2D eigenvalue weighted by atomic mass is 9.97. The predicted molar refractivity (Wildman–Crippen MR) is 100 cm³/mol. The van der Waals surface area contributed by atoms with E-state index in [9.17, 15) is 24.3 Å². The average molecular weight is 387 g/mol. The smallest absolute Gasteiger partial charge is 0.326 e. The Hall–Kier alpha value is -2.20. The van der Waals surface area contributed by atoms with Crippen molar-refractivity contribution in [3.8, 4) is 0 Å². The van der Waals surface area contributed by atoms with Crippen LogP contribution in [-0.2, 0) is 19.2 Å². The van der Waals surface area contributed by atoms with Gasteiger partial charge >= 0.3 is 5.97 Å². The van der Waals surface area contributed by atoms with Crippen molar-refractivity contribution in [2.24, 2.45) is 23.1 Å². The summed E-state index contributed by atoms with van der Waals surface area (Å²) in [5, 5.41) is 14.3. The summed E-state index contributed by atoms with van der Waals surface area (Å²) < 4.78 is 0. The summed E-state index contributed by atoms with van der Waals surface area (Å²) >= 11 is 0. The highest BCUT2D eigenvalue weighted by Gasteiger charge is 2.30. The van der Waals surface area contributed by atoms with Crippen LogP contribution in [0.2, 0.25) is 0 Å². The highest BCUT2D eigenvalue weighted by Crippen LogP contribution is 2.10. The highest BCUT2D eigenvalue weighted by molar-refractivity contribution is 5.92. The lowest BCUT2D eigenvalue weighted by Crippen LogP contribution is -2.56. The standard InChI is InChI=1S/C17H33N5O5/c1-3-10(2)14(22-15(24)11(19)7-8-13(20)23)16(25)21-12(17(26)27)6-4-5-9-18/h10-12,14H,3-9,18-19H2,1-2H3,(H2,20,23)(H,21,25)(H,22,24)(H,26,27)/t10-,11-,12-,14-/m0/s1. The van der Waals surface area contributed by atoms with E-state index in [1.165, 1.54) is 0 Å². The monoisotopic (exact) mass is 387 g/mol. The van der Waals surface area contributed by atoms with E-state index in [2.05, 4.69) is 10.6 Å². The third-order valence-corrected chi connectivity index (χ3v) is 4.39. The Balaban J connectivity index is 4.99. The van der Waals surface area contributed by atoms with E-state index in [1.807, 2.05) is 6.92 Å². The molecule has 27 heavy (non-hydrogen) atoms. The summed E-state index contributed by atoms with van der Waals surface area (Å²) in [6.45, 7) is 4.05. The lowest BCUT2D eigenvalue weighted by Gasteiger charge is -2.26. The van der Waals surface area contributed by atoms with Gasteiger partial charge < -0.3 is 32.9 Å². The van der Waals surface area contributed by atoms with Crippen LogP contribution >= 0.6 is 0 Å². The number of amides is 3. The fourth-order valence-corrected chi connectivity index (χ4v) is 2.40. The molecule has 0 aliphatic carbocycles. The maximum absolute atomic E-state index is 12.6. The number of primary amides is 1. The second-order valence-corrected chi connectivity index (χ2v) is 6.67. The molecule has 10 nitrogen and oxygen atoms in total. The Kier molecular flexibility index (Phi) is 12.0. The van der Waals surface area contributed by atoms with Crippen LogP contribution in [0.4, 0.5) is 0 Å². The maximum atomic E-state index is 12.6. The Morgan fingerprint density at radius 3 is 2.15 bits per heavy atom. The van der Waals surface area contributed by atoms with Gasteiger partial charge in [0.15, 0.2) is 0 Å². The van der Waals surface area contributed by atoms with Crippen LogP contribution in [-0.4, -0.2) is 53.5 Å². The maximum Gasteiger partial charge on any atom is 0.326 e. The van der Waals surface area contributed by atoms with Crippen LogP contribution in [0.15, 0.2) is 0 Å². The zero-order valence-electron chi connectivity index (χ0n) is 16.1. The first kappa shape index (κ1) is 24.8. The number of carboxylic acids is 1. The highest BCUT2D eigenvalue weighted by atomic mass is 16.4. The van der Waals surface area contributed by atoms with Crippen LogP contribution in [0.25, 0.3) is 0 Å². The number of hydrogen-bond donors (Lipinski definition) is 6. The lowest BCUT2D eigenvalue weighted by molar-refractivity contribution is -0.142. The Morgan fingerprint density at radius 2 is 1.67 bits per heavy atom. The Morgan fingerprint density at radius 1 is 1.04 bits per heavy atom. The van der Waals surface area contributed by atoms with E-state index in [4.69, 9.17) is 17.2 Å². The van der Waals surface area contributed by atoms with Crippen molar-refractivity contribution in [1.29, 1.82) is 0 Å². The second kappa shape index (κ2) is 13.0. The quantitative estimate of drug-likeness (QED) is 0.202. The molecule has 3 amide bonds. The number of carboxylic acid groups (broad SMARTS) is 1. The third kappa shape index (κ3) is 9.90. The van der Waals surface area contributed by atoms with Crippen LogP contribution in [0, 0.1) is 5.92 Å². The summed E-state index contributed by atoms with van der Waals surface area (Å²) in [6, 6.07) is -2.98. The van der Waals surface area contributed by atoms with E-state index >= 15 is 0 Å². The number of aliphatic carboxylic acids is 1. The number of nitrogens with one attached hydrogen (secondary N) is 2. The normalized spacial score (nSPS) is 15.3. The van der Waals surface area contributed by atoms with Crippen molar-refractivity contribution in [2.45, 2.75) is 70.5 Å². The molecule has 0 bridgehead atoms. The van der Waals surface area contributed by atoms with Gasteiger partial charge in [-0.2, -0.15) is 0 Å². The average Bonchev–Trinajstić information content (AvgIpc) is 2.62. The van der Waals surface area contributed by atoms with Crippen LogP contribution in [0.1, 0.15) is 52.4 Å². The van der Waals surface area contributed by atoms with Gasteiger partial charge in [-0.25, -0.2) is 4.79 Å². The number of carbonyl (C=O) groups is 4. The molecule has 0 saturated heterocycles. The molecule has 0 spiro atoms. The molecule has 0 aliphatic rings. The summed E-state index contributed by atoms with van der Waals surface area (Å²) in [5.74, 6) is -3.13. The fraction of sp³-hybridized carbons (Fsp3) is 0.765. The summed E-state index contributed by atoms with van der Waals surface area (Å²) in [5.41, 5.74) is 16.2. The molecule has 0 unspecified atom stereocenters. The van der Waals surface area contributed by atoms with E-state index in [0.29, 0.717) is 25.8 Å². The minimum Gasteiger partial charge on any atom is -0.480 e. The predicted octanol–water partition coefficient (Wildman–Crippen LogP) is -1.19. The first-order valence-corrected chi connectivity index (χ1v) is 9.21. The van der Waals surface area contributed by atoms with Gasteiger partial charge in [-0.1, -0.05) is 20.3 Å². The number of nitrogens with two attached hydrogens (primary N) is 3. The third-order valence-electron chi connectivity index (χ3n) is 4.39. The van der Waals surface area contributed by atoms with Crippen LogP contribution < -0.4 is 27.8 Å². The minimum atomic E-state index is -1.15. The van der Waals surface area contributed by atoms with Crippen molar-refractivity contribution < 1.29 is 24.3 Å². The Bertz CT molecular complexity index is 514. The molecule has 156 valence electrons. The van der Waals surface area contributed by atoms with Gasteiger partial charge in [-0.15, -0.1) is 0 Å². The van der Waals surface area contributed by atoms with Gasteiger partial charge in [-0.05, 0) is 38.1 Å². The zero-order valence-corrected chi connectivity index (χ0v) is 16.1. The van der Waals surface area contributed by atoms with Crippen LogP contribution in [0.3, 0.4) is 0 Å². The molecular formula is C17H33N5O5. The van der Waals surface area contributed by atoms with Gasteiger partial charge in [0.25, 0.3) is 0 Å². The van der Waals surface area contributed by atoms with Crippen molar-refractivity contribution >= 4 is 23.7 Å². The van der Waals surface area contributed by atoms with Gasteiger partial charge in [0.2, 0.25) is 17.7 Å². The summed E-state index contributed by atoms with van der Waals surface area (Å²) in [6.07, 6.45) is 2.06. The molecule has 0 aliphatic heterocycles. The molecule has 9 N–H and O–H groups in total. The molecule has 0 rings (SSSR count). The molecule has 0 aromatic rings. The van der Waals surface area contributed by atoms with E-state index < -0.39 is 41.8 Å². The summed E-state index contributed by atoms with van der Waals surface area (Å²) in [4.78, 5) is 47.0. The van der Waals surface area contributed by atoms with Gasteiger partial charge in [0.1, 0.15) is 12.1 Å². The molecule has 0 aromatic heterocycles. The van der Waals surface area contributed by atoms with Gasteiger partial charge in [0, 0.05) is 6.42 Å². The molecule has 0 aromatic carbocycles. The molecular weight excluding hydrogens is 354 g/mol. The molecule has 4 atom stereocenters. The SMILES string of the molecule is CC[C@H](C)[C@H](NC(=O)[C@@H](N)CCC(N)=O)C(=O)N[C@@H](CCCCN)C(=O)O. The molecule has 10 heteroatoms. The van der Waals surface area contributed by atoms with Crippen molar-refractivity contribution in [3.63, 3.8) is 0 Å². The molecule has 0 saturated carbocycles. The van der Waals surface area contributed by atoms with Crippen molar-refractivity contribution in [1.82, 2.24) is 10.6 Å². The Labute approximate surface area is 159 Å².